The average molecular weight is 399 g/mol. The zero-order valence-corrected chi connectivity index (χ0v) is 15.1. The molecule has 27 heavy (non-hydrogen) atoms. The number of carbonyl (C=O) groups excluding carboxylic acids is 1. The van der Waals surface area contributed by atoms with Crippen LogP contribution in [0.2, 0.25) is 5.02 Å². The molecule has 0 fully saturated rings. The van der Waals surface area contributed by atoms with Crippen LogP contribution in [0, 0.1) is 0 Å². The third-order valence-electron chi connectivity index (χ3n) is 3.87. The Hall–Kier alpha value is -3.10. The van der Waals surface area contributed by atoms with Crippen molar-refractivity contribution in [3.63, 3.8) is 0 Å². The number of H-pyrrole nitrogens is 1. The second-order valence-electron chi connectivity index (χ2n) is 5.58. The van der Waals surface area contributed by atoms with Crippen LogP contribution in [0.3, 0.4) is 0 Å². The van der Waals surface area contributed by atoms with Gasteiger partial charge in [-0.25, -0.2) is 9.78 Å². The van der Waals surface area contributed by atoms with Crippen LogP contribution in [-0.2, 0) is 9.59 Å². The van der Waals surface area contributed by atoms with Crippen molar-refractivity contribution in [2.45, 2.75) is 5.16 Å². The lowest BCUT2D eigenvalue weighted by molar-refractivity contribution is -0.131. The van der Waals surface area contributed by atoms with Gasteiger partial charge in [-0.3, -0.25) is 9.89 Å². The maximum atomic E-state index is 12.3. The van der Waals surface area contributed by atoms with Crippen LogP contribution in [0.4, 0.5) is 5.69 Å². The number of benzene rings is 2. The Labute approximate surface area is 162 Å². The fourth-order valence-corrected chi connectivity index (χ4v) is 3.59. The summed E-state index contributed by atoms with van der Waals surface area (Å²) in [6.45, 7) is 0. The third kappa shape index (κ3) is 3.32. The van der Waals surface area contributed by atoms with E-state index >= 15 is 0 Å². The number of hydrogen-bond donors (Lipinski definition) is 3. The quantitative estimate of drug-likeness (QED) is 0.457. The predicted molar refractivity (Wildman–Crippen MR) is 102 cm³/mol. The minimum atomic E-state index is -1.22. The van der Waals surface area contributed by atoms with Gasteiger partial charge in [-0.1, -0.05) is 29.8 Å². The summed E-state index contributed by atoms with van der Waals surface area (Å²) in [5, 5.41) is 19.9. The average Bonchev–Trinajstić information content (AvgIpc) is 3.24. The van der Waals surface area contributed by atoms with E-state index in [1.54, 1.807) is 48.5 Å². The van der Waals surface area contributed by atoms with Gasteiger partial charge >= 0.3 is 5.97 Å². The second kappa shape index (κ2) is 6.90. The van der Waals surface area contributed by atoms with E-state index in [4.69, 9.17) is 11.6 Å². The van der Waals surface area contributed by atoms with Crippen molar-refractivity contribution in [2.75, 3.05) is 5.32 Å². The van der Waals surface area contributed by atoms with Crippen molar-refractivity contribution in [1.29, 1.82) is 0 Å². The van der Waals surface area contributed by atoms with Crippen molar-refractivity contribution in [1.82, 2.24) is 15.2 Å². The summed E-state index contributed by atoms with van der Waals surface area (Å²) in [4.78, 5) is 28.3. The summed E-state index contributed by atoms with van der Waals surface area (Å²) in [5.41, 5.74) is 1.97. The molecule has 1 aliphatic rings. The Morgan fingerprint density at radius 3 is 2.59 bits per heavy atom. The number of halogens is 1. The first-order valence-electron chi connectivity index (χ1n) is 7.77. The number of carboxylic acid groups (broad SMARTS) is 1. The van der Waals surface area contributed by atoms with Crippen LogP contribution in [-0.4, -0.2) is 32.2 Å². The van der Waals surface area contributed by atoms with Gasteiger partial charge in [0.25, 0.3) is 5.91 Å². The number of fused-ring (bicyclic) bond motifs is 1. The van der Waals surface area contributed by atoms with Crippen LogP contribution < -0.4 is 5.32 Å². The van der Waals surface area contributed by atoms with Gasteiger partial charge in [0.2, 0.25) is 5.16 Å². The molecule has 0 saturated carbocycles. The molecule has 0 bridgehead atoms. The van der Waals surface area contributed by atoms with Crippen LogP contribution in [0.1, 0.15) is 5.56 Å². The number of anilines is 1. The van der Waals surface area contributed by atoms with Gasteiger partial charge in [0.15, 0.2) is 5.82 Å². The molecule has 0 atom stereocenters. The highest BCUT2D eigenvalue weighted by Gasteiger charge is 2.31. The van der Waals surface area contributed by atoms with Crippen molar-refractivity contribution < 1.29 is 14.7 Å². The number of amides is 1. The van der Waals surface area contributed by atoms with Crippen molar-refractivity contribution in [3.05, 3.63) is 64.0 Å². The van der Waals surface area contributed by atoms with Crippen molar-refractivity contribution in [2.24, 2.45) is 0 Å². The summed E-state index contributed by atoms with van der Waals surface area (Å²) in [7, 11) is 0. The Bertz CT molecular complexity index is 1090. The second-order valence-corrected chi connectivity index (χ2v) is 7.00. The number of nitrogens with zero attached hydrogens (tertiary/aromatic N) is 2. The number of aromatic amines is 1. The number of thioether (sulfide) groups is 1. The zero-order valence-electron chi connectivity index (χ0n) is 13.6. The Balaban J connectivity index is 1.71. The first-order chi connectivity index (χ1) is 13.0. The van der Waals surface area contributed by atoms with E-state index in [-0.39, 0.29) is 15.6 Å². The van der Waals surface area contributed by atoms with Crippen molar-refractivity contribution in [3.8, 4) is 11.4 Å². The largest absolute Gasteiger partial charge is 0.477 e. The standard InChI is InChI=1S/C18H11ClN4O3S/c19-10-7-5-9(6-8-10)15-21-18(23-22-15)27-14(17(25)26)13-11-3-1-2-4-12(11)20-16(13)24/h1-8H,(H,20,24)(H,25,26)(H,21,22,23)/b14-13+. The number of carboxylic acids is 1. The van der Waals surface area contributed by atoms with Gasteiger partial charge in [-0.2, -0.15) is 0 Å². The smallest absolute Gasteiger partial charge is 0.343 e. The molecular weight excluding hydrogens is 388 g/mol. The Morgan fingerprint density at radius 2 is 1.85 bits per heavy atom. The highest BCUT2D eigenvalue weighted by atomic mass is 35.5. The fourth-order valence-electron chi connectivity index (χ4n) is 2.66. The number of rotatable bonds is 4. The van der Waals surface area contributed by atoms with Crippen LogP contribution in [0.15, 0.2) is 58.6 Å². The molecule has 1 aliphatic heterocycles. The van der Waals surface area contributed by atoms with Crippen LogP contribution in [0.25, 0.3) is 17.0 Å². The molecule has 4 rings (SSSR count). The SMILES string of the molecule is O=C(O)/C(Sc1n[nH]c(-c2ccc(Cl)cc2)n1)=C1\C(=O)Nc2ccccc21. The molecule has 0 radical (unpaired) electrons. The Morgan fingerprint density at radius 1 is 1.11 bits per heavy atom. The molecular formula is C18H11ClN4O3S. The van der Waals surface area contributed by atoms with Crippen molar-refractivity contribution >= 4 is 46.5 Å². The molecule has 2 heterocycles. The third-order valence-corrected chi connectivity index (χ3v) is 5.07. The number of nitrogens with one attached hydrogen (secondary N) is 2. The summed E-state index contributed by atoms with van der Waals surface area (Å²) in [6.07, 6.45) is 0. The maximum absolute atomic E-state index is 12.3. The minimum absolute atomic E-state index is 0.0981. The number of aromatic nitrogens is 3. The zero-order chi connectivity index (χ0) is 19.0. The molecule has 2 aromatic carbocycles. The van der Waals surface area contributed by atoms with Crippen LogP contribution >= 0.6 is 23.4 Å². The van der Waals surface area contributed by atoms with E-state index < -0.39 is 11.9 Å². The van der Waals surface area contributed by atoms with Gasteiger partial charge < -0.3 is 10.4 Å². The number of hydrogen-bond acceptors (Lipinski definition) is 5. The molecule has 134 valence electrons. The monoisotopic (exact) mass is 398 g/mol. The molecule has 3 aromatic rings. The molecule has 7 nitrogen and oxygen atoms in total. The molecule has 0 saturated heterocycles. The van der Waals surface area contributed by atoms with E-state index in [0.29, 0.717) is 22.1 Å². The molecule has 3 N–H and O–H groups in total. The van der Waals surface area contributed by atoms with Gasteiger partial charge in [0.1, 0.15) is 4.91 Å². The summed E-state index contributed by atoms with van der Waals surface area (Å²) >= 11 is 6.70. The van der Waals surface area contributed by atoms with Gasteiger partial charge in [0.05, 0.1) is 5.57 Å². The summed E-state index contributed by atoms with van der Waals surface area (Å²) < 4.78 is 0. The topological polar surface area (TPSA) is 108 Å². The lowest BCUT2D eigenvalue weighted by atomic mass is 10.1. The molecule has 0 unspecified atom stereocenters. The fraction of sp³-hybridized carbons (Fsp3) is 0. The highest BCUT2D eigenvalue weighted by molar-refractivity contribution is 8.04. The number of aliphatic carboxylic acids is 1. The first-order valence-corrected chi connectivity index (χ1v) is 8.97. The molecule has 1 amide bonds. The number of para-hydroxylation sites is 1. The summed E-state index contributed by atoms with van der Waals surface area (Å²) in [5.74, 6) is -1.21. The van der Waals surface area contributed by atoms with E-state index in [1.165, 1.54) is 0 Å². The minimum Gasteiger partial charge on any atom is -0.477 e. The van der Waals surface area contributed by atoms with Gasteiger partial charge in [0, 0.05) is 21.8 Å². The normalized spacial score (nSPS) is 14.6. The number of carbonyl (C=O) groups is 2. The maximum Gasteiger partial charge on any atom is 0.343 e. The Kier molecular flexibility index (Phi) is 4.43. The lowest BCUT2D eigenvalue weighted by Gasteiger charge is -2.03. The lowest BCUT2D eigenvalue weighted by Crippen LogP contribution is -2.09. The van der Waals surface area contributed by atoms with Gasteiger partial charge in [-0.15, -0.1) is 5.10 Å². The molecule has 9 heteroatoms. The molecule has 0 spiro atoms. The highest BCUT2D eigenvalue weighted by Crippen LogP contribution is 2.39. The molecule has 0 aliphatic carbocycles. The molecule has 1 aromatic heterocycles. The van der Waals surface area contributed by atoms with E-state index in [9.17, 15) is 14.7 Å². The summed E-state index contributed by atoms with van der Waals surface area (Å²) in [6, 6.07) is 13.9. The van der Waals surface area contributed by atoms with E-state index in [1.807, 2.05) is 0 Å². The van der Waals surface area contributed by atoms with E-state index in [2.05, 4.69) is 20.5 Å². The first kappa shape index (κ1) is 17.3. The predicted octanol–water partition coefficient (Wildman–Crippen LogP) is 3.67. The van der Waals surface area contributed by atoms with Crippen LogP contribution in [0.5, 0.6) is 0 Å². The van der Waals surface area contributed by atoms with Gasteiger partial charge in [-0.05, 0) is 42.1 Å². The van der Waals surface area contributed by atoms with E-state index in [0.717, 1.165) is 17.3 Å².